The number of carbonyl (C=O) groups is 3. The lowest BCUT2D eigenvalue weighted by Crippen LogP contribution is -2.63. The van der Waals surface area contributed by atoms with E-state index in [1.807, 2.05) is 20.8 Å². The maximum Gasteiger partial charge on any atom is 0.408 e. The smallest absolute Gasteiger partial charge is 0.408 e. The van der Waals surface area contributed by atoms with E-state index in [0.29, 0.717) is 0 Å². The van der Waals surface area contributed by atoms with Crippen molar-refractivity contribution in [3.63, 3.8) is 0 Å². The summed E-state index contributed by atoms with van der Waals surface area (Å²) in [6.45, 7) is 7.21. The first kappa shape index (κ1) is 20.2. The predicted molar refractivity (Wildman–Crippen MR) is 86.6 cm³/mol. The van der Waals surface area contributed by atoms with Gasteiger partial charge in [-0.1, -0.05) is 20.8 Å². The summed E-state index contributed by atoms with van der Waals surface area (Å²) in [7, 11) is 3.20. The molecule has 0 saturated carbocycles. The second kappa shape index (κ2) is 7.38. The molecule has 0 bridgehead atoms. The minimum absolute atomic E-state index is 0.0333. The van der Waals surface area contributed by atoms with Crippen LogP contribution in [-0.4, -0.2) is 78.4 Å². The minimum Gasteiger partial charge on any atom is -0.465 e. The van der Waals surface area contributed by atoms with Crippen LogP contribution in [0.1, 0.15) is 34.1 Å². The Balaban J connectivity index is 3.10. The molecule has 1 aliphatic heterocycles. The summed E-state index contributed by atoms with van der Waals surface area (Å²) in [5.41, 5.74) is -1.89. The quantitative estimate of drug-likeness (QED) is 0.753. The normalized spacial score (nSPS) is 23.9. The SMILES string of the molecule is CCOC(=O)CO[C@H]1CN(C(=O)O)[C@](C(=O)N(C)C)(C(C)(C)C)C1. The largest absolute Gasteiger partial charge is 0.465 e. The fraction of sp³-hybridized carbons (Fsp3) is 0.812. The zero-order valence-corrected chi connectivity index (χ0v) is 15.3. The topological polar surface area (TPSA) is 96.4 Å². The van der Waals surface area contributed by atoms with Crippen molar-refractivity contribution >= 4 is 18.0 Å². The van der Waals surface area contributed by atoms with E-state index in [0.717, 1.165) is 4.90 Å². The molecule has 0 spiro atoms. The first-order valence-corrected chi connectivity index (χ1v) is 7.97. The van der Waals surface area contributed by atoms with Crippen LogP contribution in [-0.2, 0) is 19.1 Å². The molecule has 138 valence electrons. The zero-order valence-electron chi connectivity index (χ0n) is 15.3. The van der Waals surface area contributed by atoms with Crippen molar-refractivity contribution in [1.82, 2.24) is 9.80 Å². The molecule has 1 aliphatic rings. The summed E-state index contributed by atoms with van der Waals surface area (Å²) in [5.74, 6) is -0.800. The molecule has 8 heteroatoms. The minimum atomic E-state index is -1.25. The van der Waals surface area contributed by atoms with E-state index in [9.17, 15) is 19.5 Å². The molecule has 1 saturated heterocycles. The summed E-state index contributed by atoms with van der Waals surface area (Å²) in [6, 6.07) is 0. The number of rotatable bonds is 5. The van der Waals surface area contributed by atoms with E-state index in [1.54, 1.807) is 21.0 Å². The van der Waals surface area contributed by atoms with Gasteiger partial charge in [-0.2, -0.15) is 0 Å². The third kappa shape index (κ3) is 3.80. The summed E-state index contributed by atoms with van der Waals surface area (Å²) in [6.07, 6.45) is -1.53. The van der Waals surface area contributed by atoms with E-state index in [-0.39, 0.29) is 32.1 Å². The van der Waals surface area contributed by atoms with Crippen LogP contribution in [0, 0.1) is 5.41 Å². The van der Waals surface area contributed by atoms with E-state index in [4.69, 9.17) is 9.47 Å². The highest BCUT2D eigenvalue weighted by Gasteiger charge is 2.60. The molecule has 2 atom stereocenters. The van der Waals surface area contributed by atoms with Crippen molar-refractivity contribution in [1.29, 1.82) is 0 Å². The highest BCUT2D eigenvalue weighted by atomic mass is 16.6. The number of carboxylic acid groups (broad SMARTS) is 1. The number of amides is 2. The Morgan fingerprint density at radius 1 is 1.29 bits per heavy atom. The Kier molecular flexibility index (Phi) is 6.21. The number of ether oxygens (including phenoxy) is 2. The standard InChI is InChI=1S/C16H28N2O6/c1-7-23-12(19)10-24-11-8-16(15(2,3)4,13(20)17(5)6)18(9-11)14(21)22/h11H,7-10H2,1-6H3,(H,21,22)/t11-,16-/m1/s1. The van der Waals surface area contributed by atoms with Crippen LogP contribution in [0.3, 0.4) is 0 Å². The number of carbonyl (C=O) groups excluding carboxylic acids is 2. The predicted octanol–water partition coefficient (Wildman–Crippen LogP) is 1.19. The van der Waals surface area contributed by atoms with Crippen LogP contribution in [0.2, 0.25) is 0 Å². The molecule has 2 amide bonds. The average Bonchev–Trinajstić information content (AvgIpc) is 2.85. The molecule has 0 radical (unpaired) electrons. The lowest BCUT2D eigenvalue weighted by molar-refractivity contribution is -0.150. The van der Waals surface area contributed by atoms with Gasteiger partial charge in [-0.3, -0.25) is 9.69 Å². The Hall–Kier alpha value is -1.83. The van der Waals surface area contributed by atoms with Crippen LogP contribution < -0.4 is 0 Å². The van der Waals surface area contributed by atoms with Crippen molar-refractivity contribution < 1.29 is 29.0 Å². The number of likely N-dealkylation sites (tertiary alicyclic amines) is 1. The van der Waals surface area contributed by atoms with Gasteiger partial charge in [0.05, 0.1) is 19.3 Å². The number of likely N-dealkylation sites (N-methyl/N-ethyl adjacent to an activating group) is 1. The zero-order chi connectivity index (χ0) is 18.7. The highest BCUT2D eigenvalue weighted by molar-refractivity contribution is 5.91. The number of hydrogen-bond acceptors (Lipinski definition) is 5. The molecule has 24 heavy (non-hydrogen) atoms. The third-order valence-corrected chi connectivity index (χ3v) is 4.34. The number of esters is 1. The first-order valence-electron chi connectivity index (χ1n) is 7.97. The molecule has 1 fully saturated rings. The van der Waals surface area contributed by atoms with Gasteiger partial charge < -0.3 is 19.5 Å². The van der Waals surface area contributed by atoms with E-state index in [1.165, 1.54) is 4.90 Å². The summed E-state index contributed by atoms with van der Waals surface area (Å²) in [4.78, 5) is 38.7. The monoisotopic (exact) mass is 344 g/mol. The fourth-order valence-electron chi connectivity index (χ4n) is 3.21. The molecule has 0 aromatic carbocycles. The molecule has 0 aliphatic carbocycles. The molecule has 1 rings (SSSR count). The van der Waals surface area contributed by atoms with Gasteiger partial charge in [0.25, 0.3) is 0 Å². The molecular formula is C16H28N2O6. The highest BCUT2D eigenvalue weighted by Crippen LogP contribution is 2.45. The van der Waals surface area contributed by atoms with Crippen LogP contribution in [0.15, 0.2) is 0 Å². The summed E-state index contributed by atoms with van der Waals surface area (Å²) in [5, 5.41) is 9.63. The van der Waals surface area contributed by atoms with E-state index < -0.39 is 29.1 Å². The lowest BCUT2D eigenvalue weighted by atomic mass is 9.70. The molecule has 0 aromatic heterocycles. The van der Waals surface area contributed by atoms with Crippen molar-refractivity contribution in [2.45, 2.75) is 45.8 Å². The molecule has 1 heterocycles. The Morgan fingerprint density at radius 2 is 1.88 bits per heavy atom. The Bertz CT molecular complexity index is 499. The van der Waals surface area contributed by atoms with Gasteiger partial charge in [-0.15, -0.1) is 0 Å². The van der Waals surface area contributed by atoms with Crippen molar-refractivity contribution in [2.24, 2.45) is 5.41 Å². The van der Waals surface area contributed by atoms with Crippen molar-refractivity contribution in [2.75, 3.05) is 33.9 Å². The van der Waals surface area contributed by atoms with Gasteiger partial charge in [-0.25, -0.2) is 9.59 Å². The van der Waals surface area contributed by atoms with E-state index >= 15 is 0 Å². The summed E-state index contributed by atoms with van der Waals surface area (Å²) < 4.78 is 10.3. The van der Waals surface area contributed by atoms with Gasteiger partial charge >= 0.3 is 12.1 Å². The molecule has 1 N–H and O–H groups in total. The molecule has 8 nitrogen and oxygen atoms in total. The van der Waals surface area contributed by atoms with Crippen LogP contribution in [0.5, 0.6) is 0 Å². The van der Waals surface area contributed by atoms with Gasteiger partial charge in [-0.05, 0) is 12.3 Å². The second-order valence-corrected chi connectivity index (χ2v) is 7.15. The van der Waals surface area contributed by atoms with Gasteiger partial charge in [0, 0.05) is 20.5 Å². The van der Waals surface area contributed by atoms with Gasteiger partial charge in [0.15, 0.2) is 0 Å². The lowest BCUT2D eigenvalue weighted by Gasteiger charge is -2.46. The Morgan fingerprint density at radius 3 is 2.29 bits per heavy atom. The molecule has 0 unspecified atom stereocenters. The van der Waals surface area contributed by atoms with Crippen LogP contribution in [0.4, 0.5) is 4.79 Å². The van der Waals surface area contributed by atoms with Gasteiger partial charge in [0.1, 0.15) is 12.1 Å². The number of nitrogens with zero attached hydrogens (tertiary/aromatic N) is 2. The fourth-order valence-corrected chi connectivity index (χ4v) is 3.21. The maximum absolute atomic E-state index is 12.9. The average molecular weight is 344 g/mol. The van der Waals surface area contributed by atoms with Crippen molar-refractivity contribution in [3.05, 3.63) is 0 Å². The number of hydrogen-bond donors (Lipinski definition) is 1. The van der Waals surface area contributed by atoms with Crippen LogP contribution >= 0.6 is 0 Å². The van der Waals surface area contributed by atoms with Crippen molar-refractivity contribution in [3.8, 4) is 0 Å². The maximum atomic E-state index is 12.9. The van der Waals surface area contributed by atoms with Gasteiger partial charge in [0.2, 0.25) is 5.91 Å². The third-order valence-electron chi connectivity index (χ3n) is 4.34. The van der Waals surface area contributed by atoms with E-state index in [2.05, 4.69) is 0 Å². The molecule has 0 aromatic rings. The molecular weight excluding hydrogens is 316 g/mol. The first-order chi connectivity index (χ1) is 11.0. The van der Waals surface area contributed by atoms with Crippen LogP contribution in [0.25, 0.3) is 0 Å². The summed E-state index contributed by atoms with van der Waals surface area (Å²) >= 11 is 0. The second-order valence-electron chi connectivity index (χ2n) is 7.15. The Labute approximate surface area is 142 Å².